The largest absolute Gasteiger partial charge is 0.504 e. The highest BCUT2D eigenvalue weighted by Crippen LogP contribution is 2.40. The second-order valence-electron chi connectivity index (χ2n) is 9.30. The molecule has 6 N–H and O–H groups in total. The van der Waals surface area contributed by atoms with Crippen molar-refractivity contribution in [3.8, 4) is 23.0 Å². The van der Waals surface area contributed by atoms with E-state index in [9.17, 15) is 35.4 Å². The minimum absolute atomic E-state index is 0.00954. The quantitative estimate of drug-likeness (QED) is 0.229. The number of aliphatic hydroxyl groups excluding tert-OH is 5. The molecule has 208 valence electrons. The number of carbonyl (C=O) groups excluding carboxylic acids is 1. The fraction of sp³-hybridized carbons (Fsp3) is 0.500. The maximum atomic E-state index is 12.6. The number of ether oxygens (including phenoxy) is 5. The average Bonchev–Trinajstić information content (AvgIpc) is 3.29. The van der Waals surface area contributed by atoms with Crippen molar-refractivity contribution in [3.63, 3.8) is 0 Å². The zero-order valence-electron chi connectivity index (χ0n) is 20.8. The Morgan fingerprint density at radius 1 is 0.974 bits per heavy atom. The Labute approximate surface area is 218 Å². The van der Waals surface area contributed by atoms with Crippen LogP contribution in [0.3, 0.4) is 0 Å². The number of phenolic OH excluding ortho intramolecular Hbond substituents is 1. The molecule has 12 heteroatoms. The van der Waals surface area contributed by atoms with E-state index in [4.69, 9.17) is 23.7 Å². The monoisotopic (exact) mass is 536 g/mol. The minimum Gasteiger partial charge on any atom is -0.504 e. The Bertz CT molecular complexity index is 1120. The summed E-state index contributed by atoms with van der Waals surface area (Å²) in [6, 6.07) is 9.29. The predicted octanol–water partition coefficient (Wildman–Crippen LogP) is -0.347. The maximum Gasteiger partial charge on any atom is 0.312 e. The summed E-state index contributed by atoms with van der Waals surface area (Å²) in [6.07, 6.45) is -8.19. The SMILES string of the molecule is COc1cc(C[C@H]2COC(=O)[C@@H]2[C@@H](O)c2ccc(O[C@@H]3O[C@H](CO)[C@@H](O)[C@H](O)[C@H]3O)c(OC)c2)ccc1O. The van der Waals surface area contributed by atoms with Crippen LogP contribution in [0.5, 0.6) is 23.0 Å². The van der Waals surface area contributed by atoms with Crippen LogP contribution in [0.25, 0.3) is 0 Å². The highest BCUT2D eigenvalue weighted by Gasteiger charge is 2.45. The topological polar surface area (TPSA) is 185 Å². The molecule has 38 heavy (non-hydrogen) atoms. The summed E-state index contributed by atoms with van der Waals surface area (Å²) in [5.41, 5.74) is 1.14. The van der Waals surface area contributed by atoms with Crippen molar-refractivity contribution >= 4 is 5.97 Å². The van der Waals surface area contributed by atoms with E-state index in [0.717, 1.165) is 5.56 Å². The van der Waals surface area contributed by atoms with Crippen LogP contribution >= 0.6 is 0 Å². The molecule has 2 aromatic carbocycles. The lowest BCUT2D eigenvalue weighted by atomic mass is 9.83. The molecule has 2 aliphatic heterocycles. The van der Waals surface area contributed by atoms with Gasteiger partial charge in [-0.25, -0.2) is 0 Å². The molecule has 8 atom stereocenters. The molecule has 2 heterocycles. The Balaban J connectivity index is 1.52. The number of hydrogen-bond donors (Lipinski definition) is 6. The van der Waals surface area contributed by atoms with E-state index in [0.29, 0.717) is 17.7 Å². The van der Waals surface area contributed by atoms with Gasteiger partial charge in [-0.3, -0.25) is 4.79 Å². The summed E-state index contributed by atoms with van der Waals surface area (Å²) in [6.45, 7) is -0.498. The van der Waals surface area contributed by atoms with Crippen molar-refractivity contribution in [1.82, 2.24) is 0 Å². The van der Waals surface area contributed by atoms with Crippen LogP contribution in [-0.2, 0) is 20.7 Å². The lowest BCUT2D eigenvalue weighted by molar-refractivity contribution is -0.277. The molecule has 2 saturated heterocycles. The average molecular weight is 537 g/mol. The van der Waals surface area contributed by atoms with Crippen LogP contribution < -0.4 is 14.2 Å². The Morgan fingerprint density at radius 3 is 2.39 bits per heavy atom. The fourth-order valence-corrected chi connectivity index (χ4v) is 4.77. The van der Waals surface area contributed by atoms with E-state index in [-0.39, 0.29) is 29.8 Å². The lowest BCUT2D eigenvalue weighted by Crippen LogP contribution is -2.60. The Morgan fingerprint density at radius 2 is 1.71 bits per heavy atom. The van der Waals surface area contributed by atoms with Gasteiger partial charge in [-0.15, -0.1) is 0 Å². The third-order valence-electron chi connectivity index (χ3n) is 6.92. The van der Waals surface area contributed by atoms with Gasteiger partial charge in [-0.1, -0.05) is 12.1 Å². The van der Waals surface area contributed by atoms with Crippen molar-refractivity contribution in [2.24, 2.45) is 11.8 Å². The summed E-state index contributed by atoms with van der Waals surface area (Å²) in [4.78, 5) is 12.6. The molecular formula is C26H32O12. The summed E-state index contributed by atoms with van der Waals surface area (Å²) in [5.74, 6) is -1.26. The first-order valence-corrected chi connectivity index (χ1v) is 12.0. The highest BCUT2D eigenvalue weighted by atomic mass is 16.7. The van der Waals surface area contributed by atoms with Gasteiger partial charge in [-0.05, 0) is 41.8 Å². The van der Waals surface area contributed by atoms with Gasteiger partial charge < -0.3 is 54.3 Å². The van der Waals surface area contributed by atoms with E-state index in [2.05, 4.69) is 0 Å². The van der Waals surface area contributed by atoms with Crippen LogP contribution in [0.1, 0.15) is 17.2 Å². The van der Waals surface area contributed by atoms with E-state index in [1.165, 1.54) is 38.5 Å². The second kappa shape index (κ2) is 11.7. The summed E-state index contributed by atoms with van der Waals surface area (Å²) in [7, 11) is 2.79. The molecule has 12 nitrogen and oxygen atoms in total. The normalized spacial score (nSPS) is 30.0. The molecule has 0 radical (unpaired) electrons. The number of aliphatic hydroxyl groups is 5. The number of phenols is 1. The van der Waals surface area contributed by atoms with Crippen molar-refractivity contribution in [2.75, 3.05) is 27.4 Å². The van der Waals surface area contributed by atoms with Crippen molar-refractivity contribution < 1.29 is 59.1 Å². The molecule has 0 spiro atoms. The minimum atomic E-state index is -1.62. The molecule has 0 aliphatic carbocycles. The first kappa shape index (κ1) is 27.9. The van der Waals surface area contributed by atoms with Crippen LogP contribution in [-0.4, -0.2) is 94.7 Å². The molecule has 2 aliphatic rings. The van der Waals surface area contributed by atoms with Gasteiger partial charge in [0.1, 0.15) is 24.4 Å². The molecule has 2 aromatic rings. The highest BCUT2D eigenvalue weighted by molar-refractivity contribution is 5.76. The molecule has 0 aromatic heterocycles. The fourth-order valence-electron chi connectivity index (χ4n) is 4.77. The first-order valence-electron chi connectivity index (χ1n) is 12.0. The molecule has 0 unspecified atom stereocenters. The number of cyclic esters (lactones) is 1. The van der Waals surface area contributed by atoms with Crippen LogP contribution in [0.2, 0.25) is 0 Å². The molecule has 0 saturated carbocycles. The molecular weight excluding hydrogens is 504 g/mol. The predicted molar refractivity (Wildman–Crippen MR) is 129 cm³/mol. The van der Waals surface area contributed by atoms with Gasteiger partial charge in [-0.2, -0.15) is 0 Å². The van der Waals surface area contributed by atoms with Crippen molar-refractivity contribution in [2.45, 2.75) is 43.2 Å². The number of rotatable bonds is 9. The van der Waals surface area contributed by atoms with Gasteiger partial charge in [0.15, 0.2) is 23.0 Å². The van der Waals surface area contributed by atoms with Crippen LogP contribution in [0, 0.1) is 11.8 Å². The summed E-state index contributed by atoms with van der Waals surface area (Å²) < 4.78 is 26.8. The van der Waals surface area contributed by atoms with E-state index in [1.54, 1.807) is 12.1 Å². The number of benzene rings is 2. The Kier molecular flexibility index (Phi) is 8.61. The van der Waals surface area contributed by atoms with E-state index >= 15 is 0 Å². The van der Waals surface area contributed by atoms with Crippen LogP contribution in [0.4, 0.5) is 0 Å². The van der Waals surface area contributed by atoms with Crippen LogP contribution in [0.15, 0.2) is 36.4 Å². The summed E-state index contributed by atoms with van der Waals surface area (Å²) in [5, 5.41) is 60.6. The van der Waals surface area contributed by atoms with E-state index in [1.807, 2.05) is 0 Å². The zero-order valence-corrected chi connectivity index (χ0v) is 20.8. The third-order valence-corrected chi connectivity index (χ3v) is 6.92. The molecule has 0 bridgehead atoms. The number of esters is 1. The summed E-state index contributed by atoms with van der Waals surface area (Å²) >= 11 is 0. The standard InChI is InChI=1S/C26H32O12/c1-34-17-8-12(3-5-15(17)28)7-14-11-36-25(33)20(14)21(29)13-4-6-16(18(9-13)35-2)37-26-24(32)23(31)22(30)19(10-27)38-26/h3-6,8-9,14,19-24,26-32H,7,10-11H2,1-2H3/t14-,19+,20-,21-,22+,23-,24+,26+/m0/s1. The third kappa shape index (κ3) is 5.51. The smallest absolute Gasteiger partial charge is 0.312 e. The number of carbonyl (C=O) groups is 1. The van der Waals surface area contributed by atoms with Crippen molar-refractivity contribution in [1.29, 1.82) is 0 Å². The Hall–Kier alpha value is -3.13. The maximum absolute atomic E-state index is 12.6. The van der Waals surface area contributed by atoms with Gasteiger partial charge in [0.25, 0.3) is 0 Å². The van der Waals surface area contributed by atoms with Gasteiger partial charge in [0.2, 0.25) is 6.29 Å². The molecule has 4 rings (SSSR count). The number of aromatic hydroxyl groups is 1. The van der Waals surface area contributed by atoms with Crippen molar-refractivity contribution in [3.05, 3.63) is 47.5 Å². The number of hydrogen-bond acceptors (Lipinski definition) is 12. The lowest BCUT2D eigenvalue weighted by Gasteiger charge is -2.39. The second-order valence-corrected chi connectivity index (χ2v) is 9.30. The van der Waals surface area contributed by atoms with Gasteiger partial charge in [0, 0.05) is 5.92 Å². The van der Waals surface area contributed by atoms with Gasteiger partial charge in [0.05, 0.1) is 39.5 Å². The molecule has 2 fully saturated rings. The first-order chi connectivity index (χ1) is 18.2. The number of methoxy groups -OCH3 is 2. The molecule has 0 amide bonds. The van der Waals surface area contributed by atoms with Gasteiger partial charge >= 0.3 is 5.97 Å². The van der Waals surface area contributed by atoms with E-state index < -0.39 is 55.3 Å². The zero-order chi connectivity index (χ0) is 27.6.